The van der Waals surface area contributed by atoms with Gasteiger partial charge in [-0.3, -0.25) is 4.57 Å². The molecule has 0 atom stereocenters. The molecule has 7 heteroatoms. The van der Waals surface area contributed by atoms with Crippen molar-refractivity contribution in [3.8, 4) is 0 Å². The molecule has 0 aromatic heterocycles. The smallest absolute Gasteiger partial charge is 0.368 e. The summed E-state index contributed by atoms with van der Waals surface area (Å²) in [5.41, 5.74) is 0.624. The molecule has 1 aromatic carbocycles. The van der Waals surface area contributed by atoms with E-state index in [9.17, 15) is 9.36 Å². The van der Waals surface area contributed by atoms with Crippen LogP contribution in [0.5, 0.6) is 0 Å². The molecular weight excluding hydrogens is 291 g/mol. The topological polar surface area (TPSA) is 61.8 Å². The largest absolute Gasteiger partial charge is 0.465 e. The van der Waals surface area contributed by atoms with Gasteiger partial charge < -0.3 is 13.8 Å². The van der Waals surface area contributed by atoms with Crippen LogP contribution in [0.15, 0.2) is 29.6 Å². The van der Waals surface area contributed by atoms with Crippen molar-refractivity contribution < 1.29 is 23.1 Å². The molecule has 5 nitrogen and oxygen atoms in total. The molecule has 0 fully saturated rings. The molecule has 0 saturated carbocycles. The van der Waals surface area contributed by atoms with Gasteiger partial charge >= 0.3 is 13.6 Å². The molecule has 0 N–H and O–H groups in total. The summed E-state index contributed by atoms with van der Waals surface area (Å²) in [6, 6.07) is 6.63. The van der Waals surface area contributed by atoms with E-state index in [1.165, 1.54) is 27.4 Å². The Morgan fingerprint density at radius 2 is 1.68 bits per heavy atom. The fourth-order valence-electron chi connectivity index (χ4n) is 1.34. The Morgan fingerprint density at radius 1 is 1.16 bits per heavy atom. The Balaban J connectivity index is 3.28. The number of halogens is 1. The SMILES string of the molecule is COC(=O)/C(=C\c1ccc(Cl)cc1)P(=O)(OC)OC. The van der Waals surface area contributed by atoms with Gasteiger partial charge in [0.25, 0.3) is 0 Å². The van der Waals surface area contributed by atoms with Crippen molar-refractivity contribution in [2.75, 3.05) is 21.3 Å². The molecule has 0 aliphatic heterocycles. The summed E-state index contributed by atoms with van der Waals surface area (Å²) in [4.78, 5) is 11.7. The molecule has 1 rings (SSSR count). The minimum absolute atomic E-state index is 0.178. The summed E-state index contributed by atoms with van der Waals surface area (Å²) in [5, 5.41) is 0.376. The quantitative estimate of drug-likeness (QED) is 0.474. The van der Waals surface area contributed by atoms with Crippen LogP contribution in [0.1, 0.15) is 5.56 Å². The van der Waals surface area contributed by atoms with Crippen molar-refractivity contribution in [1.29, 1.82) is 0 Å². The highest BCUT2D eigenvalue weighted by atomic mass is 35.5. The minimum Gasteiger partial charge on any atom is -0.465 e. The lowest BCUT2D eigenvalue weighted by atomic mass is 10.2. The van der Waals surface area contributed by atoms with Crippen molar-refractivity contribution in [2.45, 2.75) is 0 Å². The zero-order valence-corrected chi connectivity index (χ0v) is 12.4. The zero-order valence-electron chi connectivity index (χ0n) is 10.8. The number of carbonyl (C=O) groups is 1. The van der Waals surface area contributed by atoms with Crippen LogP contribution in [0.2, 0.25) is 5.02 Å². The third-order valence-electron chi connectivity index (χ3n) is 2.34. The third-order valence-corrected chi connectivity index (χ3v) is 4.46. The summed E-state index contributed by atoms with van der Waals surface area (Å²) in [6.07, 6.45) is 1.38. The molecule has 0 amide bonds. The molecule has 0 aliphatic carbocycles. The minimum atomic E-state index is -3.69. The van der Waals surface area contributed by atoms with Crippen molar-refractivity contribution in [3.63, 3.8) is 0 Å². The van der Waals surface area contributed by atoms with E-state index in [-0.39, 0.29) is 5.31 Å². The van der Waals surface area contributed by atoms with Gasteiger partial charge in [0.15, 0.2) is 0 Å². The van der Waals surface area contributed by atoms with Crippen LogP contribution in [0.25, 0.3) is 6.08 Å². The van der Waals surface area contributed by atoms with E-state index in [0.29, 0.717) is 10.6 Å². The average Bonchev–Trinajstić information content (AvgIpc) is 2.45. The molecular formula is C12H14ClO5P. The Hall–Kier alpha value is -1.13. The summed E-state index contributed by atoms with van der Waals surface area (Å²) in [7, 11) is -0.105. The molecule has 19 heavy (non-hydrogen) atoms. The average molecular weight is 305 g/mol. The standard InChI is InChI=1S/C12H14ClO5P/c1-16-12(14)11(19(15,17-2)18-3)8-9-4-6-10(13)7-5-9/h4-8H,1-3H3/b11-8+. The van der Waals surface area contributed by atoms with E-state index >= 15 is 0 Å². The molecule has 0 aliphatic rings. The van der Waals surface area contributed by atoms with Crippen LogP contribution in [-0.4, -0.2) is 27.3 Å². The Kier molecular flexibility index (Phi) is 5.76. The van der Waals surface area contributed by atoms with E-state index in [1.54, 1.807) is 24.3 Å². The summed E-state index contributed by atoms with van der Waals surface area (Å²) in [6.45, 7) is 0. The number of benzene rings is 1. The second-order valence-electron chi connectivity index (χ2n) is 3.44. The predicted molar refractivity (Wildman–Crippen MR) is 73.1 cm³/mol. The molecule has 0 saturated heterocycles. The fourth-order valence-corrected chi connectivity index (χ4v) is 2.63. The molecule has 104 valence electrons. The first kappa shape index (κ1) is 15.9. The van der Waals surface area contributed by atoms with Crippen molar-refractivity contribution >= 4 is 31.2 Å². The molecule has 0 bridgehead atoms. The van der Waals surface area contributed by atoms with Gasteiger partial charge in [0.1, 0.15) is 5.31 Å². The van der Waals surface area contributed by atoms with Crippen molar-refractivity contribution in [2.24, 2.45) is 0 Å². The van der Waals surface area contributed by atoms with Crippen molar-refractivity contribution in [1.82, 2.24) is 0 Å². The highest BCUT2D eigenvalue weighted by Crippen LogP contribution is 2.55. The van der Waals surface area contributed by atoms with E-state index < -0.39 is 13.6 Å². The third kappa shape index (κ3) is 3.91. The summed E-state index contributed by atoms with van der Waals surface area (Å²) >= 11 is 5.77. The Bertz CT molecular complexity index is 515. The first-order valence-electron chi connectivity index (χ1n) is 5.24. The lowest BCUT2D eigenvalue weighted by Crippen LogP contribution is -2.07. The van der Waals surface area contributed by atoms with Gasteiger partial charge in [-0.05, 0) is 23.8 Å². The van der Waals surface area contributed by atoms with E-state index in [1.807, 2.05) is 0 Å². The van der Waals surface area contributed by atoms with E-state index in [0.717, 1.165) is 0 Å². The number of carbonyl (C=O) groups excluding carboxylic acids is 1. The van der Waals surface area contributed by atoms with Gasteiger partial charge in [0, 0.05) is 19.2 Å². The van der Waals surface area contributed by atoms with E-state index in [2.05, 4.69) is 4.74 Å². The second-order valence-corrected chi connectivity index (χ2v) is 6.08. The van der Waals surface area contributed by atoms with Gasteiger partial charge in [-0.1, -0.05) is 23.7 Å². The highest BCUT2D eigenvalue weighted by molar-refractivity contribution is 7.60. The Labute approximate surface area is 116 Å². The maximum Gasteiger partial charge on any atom is 0.368 e. The first-order chi connectivity index (χ1) is 8.96. The van der Waals surface area contributed by atoms with Gasteiger partial charge in [-0.2, -0.15) is 0 Å². The number of ether oxygens (including phenoxy) is 1. The monoisotopic (exact) mass is 304 g/mol. The van der Waals surface area contributed by atoms with E-state index in [4.69, 9.17) is 20.6 Å². The number of hydrogen-bond acceptors (Lipinski definition) is 5. The van der Waals surface area contributed by atoms with Gasteiger partial charge in [-0.25, -0.2) is 4.79 Å². The van der Waals surface area contributed by atoms with Crippen molar-refractivity contribution in [3.05, 3.63) is 40.2 Å². The lowest BCUT2D eigenvalue weighted by Gasteiger charge is -2.15. The molecule has 0 radical (unpaired) electrons. The van der Waals surface area contributed by atoms with Crippen LogP contribution in [0.3, 0.4) is 0 Å². The predicted octanol–water partition coefficient (Wildman–Crippen LogP) is 3.34. The van der Waals surface area contributed by atoms with Crippen LogP contribution in [0.4, 0.5) is 0 Å². The molecule has 0 unspecified atom stereocenters. The summed E-state index contributed by atoms with van der Waals surface area (Å²) < 4.78 is 26.5. The number of hydrogen-bond donors (Lipinski definition) is 0. The number of methoxy groups -OCH3 is 1. The molecule has 0 spiro atoms. The Morgan fingerprint density at radius 3 is 2.11 bits per heavy atom. The maximum atomic E-state index is 12.3. The van der Waals surface area contributed by atoms with Gasteiger partial charge in [0.2, 0.25) is 0 Å². The zero-order chi connectivity index (χ0) is 14.5. The number of esters is 1. The first-order valence-corrected chi connectivity index (χ1v) is 7.16. The summed E-state index contributed by atoms with van der Waals surface area (Å²) in [5.74, 6) is -0.776. The van der Waals surface area contributed by atoms with Gasteiger partial charge in [-0.15, -0.1) is 0 Å². The van der Waals surface area contributed by atoms with Gasteiger partial charge in [0.05, 0.1) is 7.11 Å². The number of rotatable bonds is 5. The second kappa shape index (κ2) is 6.87. The fraction of sp³-hybridized carbons (Fsp3) is 0.250. The van der Waals surface area contributed by atoms with Crippen LogP contribution < -0.4 is 0 Å². The van der Waals surface area contributed by atoms with Crippen LogP contribution >= 0.6 is 19.2 Å². The van der Waals surface area contributed by atoms with Crippen LogP contribution in [0, 0.1) is 0 Å². The maximum absolute atomic E-state index is 12.3. The van der Waals surface area contributed by atoms with Crippen LogP contribution in [-0.2, 0) is 23.1 Å². The molecule has 0 heterocycles. The molecule has 1 aromatic rings. The normalized spacial score (nSPS) is 12.3. The highest BCUT2D eigenvalue weighted by Gasteiger charge is 2.34. The lowest BCUT2D eigenvalue weighted by molar-refractivity contribution is -0.135.